The Morgan fingerprint density at radius 1 is 0.556 bits per heavy atom. The molecular formula is C4H12N4Pt. The minimum atomic E-state index is 0. The van der Waals surface area contributed by atoms with Crippen LogP contribution in [0.3, 0.4) is 0 Å². The molecule has 0 spiro atoms. The molecule has 0 aromatic heterocycles. The molecule has 0 fully saturated rings. The number of rotatable bonds is 2. The first-order valence-electron chi connectivity index (χ1n) is 2.41. The Labute approximate surface area is 70.6 Å². The fraction of sp³-hybridized carbons (Fsp3) is 1.00. The molecule has 0 aromatic rings. The molecule has 58 valence electrons. The van der Waals surface area contributed by atoms with Crippen LogP contribution < -0.4 is 0 Å². The van der Waals surface area contributed by atoms with E-state index < -0.39 is 0 Å². The van der Waals surface area contributed by atoms with Gasteiger partial charge in [0, 0.05) is 0 Å². The normalized spacial score (nSPS) is 6.67. The van der Waals surface area contributed by atoms with Gasteiger partial charge in [0.05, 0.1) is 0 Å². The predicted octanol–water partition coefficient (Wildman–Crippen LogP) is 2.18. The van der Waals surface area contributed by atoms with Crippen molar-refractivity contribution in [3.63, 3.8) is 0 Å². The molecule has 9 heavy (non-hydrogen) atoms. The van der Waals surface area contributed by atoms with E-state index >= 15 is 0 Å². The monoisotopic (exact) mass is 311 g/mol. The van der Waals surface area contributed by atoms with Crippen molar-refractivity contribution in [3.05, 3.63) is 22.9 Å². The zero-order valence-electron chi connectivity index (χ0n) is 5.14. The maximum atomic E-state index is 6.26. The van der Waals surface area contributed by atoms with Gasteiger partial charge in [0.25, 0.3) is 0 Å². The van der Waals surface area contributed by atoms with Crippen molar-refractivity contribution in [3.8, 4) is 0 Å². The van der Waals surface area contributed by atoms with Gasteiger partial charge in [-0.1, -0.05) is 0 Å². The van der Waals surface area contributed by atoms with Crippen molar-refractivity contribution in [2.45, 2.75) is 0 Å². The van der Waals surface area contributed by atoms with Crippen LogP contribution in [-0.2, 0) is 21.1 Å². The maximum absolute atomic E-state index is 6.26. The number of hydrogen-bond acceptors (Lipinski definition) is 0. The van der Waals surface area contributed by atoms with Crippen molar-refractivity contribution in [2.24, 2.45) is 0 Å². The fourth-order valence-electron chi connectivity index (χ4n) is 0. The summed E-state index contributed by atoms with van der Waals surface area (Å²) in [7, 11) is 0. The Balaban J connectivity index is -0.0000000720. The van der Waals surface area contributed by atoms with Gasteiger partial charge in [0.1, 0.15) is 0 Å². The molecule has 0 aliphatic heterocycles. The average Bonchev–Trinajstić information content (AvgIpc) is 1.88. The fourth-order valence-corrected chi connectivity index (χ4v) is 0. The summed E-state index contributed by atoms with van der Waals surface area (Å²) in [6.07, 6.45) is 0. The van der Waals surface area contributed by atoms with Crippen LogP contribution >= 0.6 is 0 Å². The summed E-state index contributed by atoms with van der Waals surface area (Å²) in [6, 6.07) is 0. The second kappa shape index (κ2) is 23.6. The summed E-state index contributed by atoms with van der Waals surface area (Å²) in [5.74, 6) is 0. The number of hydrogen-bond donors (Lipinski definition) is 0. The molecule has 0 rings (SSSR count). The van der Waals surface area contributed by atoms with Crippen molar-refractivity contribution >= 4 is 0 Å². The SMILES string of the molecule is [NH-]CC[NH-].[NH-]CC[NH-].[Pt+4]. The van der Waals surface area contributed by atoms with Crippen LogP contribution in [0.25, 0.3) is 22.9 Å². The van der Waals surface area contributed by atoms with E-state index in [1.165, 1.54) is 0 Å². The Morgan fingerprint density at radius 3 is 0.667 bits per heavy atom. The third-order valence-corrected chi connectivity index (χ3v) is 0.250. The molecule has 4 N–H and O–H groups in total. The van der Waals surface area contributed by atoms with Crippen LogP contribution in [0.4, 0.5) is 0 Å². The molecule has 0 saturated heterocycles. The Morgan fingerprint density at radius 2 is 0.667 bits per heavy atom. The van der Waals surface area contributed by atoms with Crippen molar-refractivity contribution < 1.29 is 21.1 Å². The summed E-state index contributed by atoms with van der Waals surface area (Å²) in [5, 5.41) is 0. The minimum absolute atomic E-state index is 0. The van der Waals surface area contributed by atoms with Gasteiger partial charge in [0.2, 0.25) is 0 Å². The molecule has 4 nitrogen and oxygen atoms in total. The van der Waals surface area contributed by atoms with Crippen LogP contribution in [-0.4, -0.2) is 26.2 Å². The van der Waals surface area contributed by atoms with E-state index in [2.05, 4.69) is 0 Å². The van der Waals surface area contributed by atoms with E-state index in [-0.39, 0.29) is 47.2 Å². The third kappa shape index (κ3) is 56.9. The first-order chi connectivity index (χ1) is 3.83. The van der Waals surface area contributed by atoms with Gasteiger partial charge in [-0.05, 0) is 0 Å². The summed E-state index contributed by atoms with van der Waals surface area (Å²) in [6.45, 7) is 0.944. The third-order valence-electron chi connectivity index (χ3n) is 0.250. The average molecular weight is 311 g/mol. The smallest absolute Gasteiger partial charge is 0.679 e. The van der Waals surface area contributed by atoms with Gasteiger partial charge in [-0.3, -0.25) is 0 Å². The van der Waals surface area contributed by atoms with Gasteiger partial charge in [-0.2, -0.15) is 26.2 Å². The van der Waals surface area contributed by atoms with Gasteiger partial charge in [-0.15, -0.1) is 0 Å². The molecule has 0 unspecified atom stereocenters. The summed E-state index contributed by atoms with van der Waals surface area (Å²) in [5.41, 5.74) is 25.1. The zero-order chi connectivity index (χ0) is 6.83. The van der Waals surface area contributed by atoms with Gasteiger partial charge >= 0.3 is 21.1 Å². The molecule has 0 aliphatic carbocycles. The van der Waals surface area contributed by atoms with Crippen LogP contribution in [0.15, 0.2) is 0 Å². The molecule has 5 heteroatoms. The van der Waals surface area contributed by atoms with Crippen LogP contribution in [0.5, 0.6) is 0 Å². The second-order valence-electron chi connectivity index (χ2n) is 1.000. The molecule has 0 saturated carbocycles. The summed E-state index contributed by atoms with van der Waals surface area (Å²) < 4.78 is 0. The molecule has 0 bridgehead atoms. The van der Waals surface area contributed by atoms with Crippen molar-refractivity contribution in [1.29, 1.82) is 0 Å². The summed E-state index contributed by atoms with van der Waals surface area (Å²) >= 11 is 0. The van der Waals surface area contributed by atoms with Gasteiger partial charge < -0.3 is 22.9 Å². The Bertz CT molecular complexity index is 20.5. The quantitative estimate of drug-likeness (QED) is 0.747. The van der Waals surface area contributed by atoms with Gasteiger partial charge in [-0.25, -0.2) is 0 Å². The first-order valence-corrected chi connectivity index (χ1v) is 2.41. The molecular weight excluding hydrogens is 299 g/mol. The summed E-state index contributed by atoms with van der Waals surface area (Å²) in [4.78, 5) is 0. The van der Waals surface area contributed by atoms with E-state index in [0.717, 1.165) is 0 Å². The second-order valence-corrected chi connectivity index (χ2v) is 1.000. The topological polar surface area (TPSA) is 95.2 Å². The Kier molecular flexibility index (Phi) is 42.6. The molecule has 0 aromatic carbocycles. The van der Waals surface area contributed by atoms with Crippen LogP contribution in [0.1, 0.15) is 0 Å². The van der Waals surface area contributed by atoms with Crippen molar-refractivity contribution in [2.75, 3.05) is 26.2 Å². The maximum Gasteiger partial charge on any atom is 4.00 e. The molecule has 0 atom stereocenters. The van der Waals surface area contributed by atoms with E-state index in [0.29, 0.717) is 0 Å². The van der Waals surface area contributed by atoms with E-state index in [1.54, 1.807) is 0 Å². The van der Waals surface area contributed by atoms with Crippen LogP contribution in [0, 0.1) is 0 Å². The first kappa shape index (κ1) is 16.3. The standard InChI is InChI=1S/2C2H6N2.Pt/c2*3-1-2-4;/h2*3-4H,1-2H2;/q2*-2;+4. The van der Waals surface area contributed by atoms with E-state index in [9.17, 15) is 0 Å². The number of nitrogens with one attached hydrogen (secondary N) is 4. The molecule has 0 heterocycles. The van der Waals surface area contributed by atoms with E-state index in [1.807, 2.05) is 0 Å². The zero-order valence-corrected chi connectivity index (χ0v) is 7.42. The largest absolute Gasteiger partial charge is 4.00 e. The minimum Gasteiger partial charge on any atom is -0.679 e. The molecule has 0 radical (unpaired) electrons. The Hall–Kier alpha value is 0.528. The molecule has 0 aliphatic rings. The molecule has 0 amide bonds. The predicted molar refractivity (Wildman–Crippen MR) is 36.8 cm³/mol. The van der Waals surface area contributed by atoms with E-state index in [4.69, 9.17) is 22.9 Å². The van der Waals surface area contributed by atoms with Gasteiger partial charge in [0.15, 0.2) is 0 Å². The van der Waals surface area contributed by atoms with Crippen LogP contribution in [0.2, 0.25) is 0 Å². The van der Waals surface area contributed by atoms with Crippen molar-refractivity contribution in [1.82, 2.24) is 0 Å².